The first-order chi connectivity index (χ1) is 10.5. The first-order valence-electron chi connectivity index (χ1n) is 7.37. The second kappa shape index (κ2) is 7.43. The van der Waals surface area contributed by atoms with Gasteiger partial charge in [0.2, 0.25) is 10.0 Å². The fourth-order valence-corrected chi connectivity index (χ4v) is 3.45. The molecule has 0 unspecified atom stereocenters. The number of carbonyl (C=O) groups is 1. The van der Waals surface area contributed by atoms with Crippen LogP contribution in [0, 0.1) is 12.3 Å². The van der Waals surface area contributed by atoms with Crippen molar-refractivity contribution < 1.29 is 13.2 Å². The molecule has 6 heteroatoms. The Morgan fingerprint density at radius 1 is 1.23 bits per heavy atom. The Morgan fingerprint density at radius 3 is 2.55 bits per heavy atom. The molecule has 1 saturated heterocycles. The first kappa shape index (κ1) is 16.5. The van der Waals surface area contributed by atoms with Crippen LogP contribution in [-0.4, -0.2) is 38.9 Å². The summed E-state index contributed by atoms with van der Waals surface area (Å²) >= 11 is 0. The van der Waals surface area contributed by atoms with Gasteiger partial charge in [0.05, 0.1) is 11.4 Å². The Kier molecular flexibility index (Phi) is 5.58. The number of sulfonamides is 1. The molecule has 0 spiro atoms. The van der Waals surface area contributed by atoms with Gasteiger partial charge in [0.25, 0.3) is 5.91 Å². The van der Waals surface area contributed by atoms with Gasteiger partial charge in [-0.1, -0.05) is 24.8 Å². The first-order valence-corrected chi connectivity index (χ1v) is 8.85. The van der Waals surface area contributed by atoms with E-state index in [2.05, 4.69) is 10.6 Å². The molecular formula is C16H20N2O3S. The second-order valence-corrected chi connectivity index (χ2v) is 7.03. The van der Waals surface area contributed by atoms with E-state index in [0.717, 1.165) is 38.8 Å². The van der Waals surface area contributed by atoms with Gasteiger partial charge >= 0.3 is 0 Å². The van der Waals surface area contributed by atoms with Crippen LogP contribution >= 0.6 is 0 Å². The zero-order valence-corrected chi connectivity index (χ0v) is 13.2. The highest BCUT2D eigenvalue weighted by Gasteiger charge is 2.20. The van der Waals surface area contributed by atoms with Crippen molar-refractivity contribution in [3.05, 3.63) is 29.8 Å². The summed E-state index contributed by atoms with van der Waals surface area (Å²) in [5, 5.41) is 0. The van der Waals surface area contributed by atoms with E-state index in [0.29, 0.717) is 5.56 Å². The number of nitrogens with zero attached hydrogens (tertiary/aromatic N) is 1. The van der Waals surface area contributed by atoms with Gasteiger partial charge in [0.1, 0.15) is 0 Å². The van der Waals surface area contributed by atoms with Crippen LogP contribution in [-0.2, 0) is 10.0 Å². The molecule has 0 radical (unpaired) electrons. The summed E-state index contributed by atoms with van der Waals surface area (Å²) in [5.74, 6) is 2.11. The highest BCUT2D eigenvalue weighted by molar-refractivity contribution is 7.89. The molecule has 0 saturated carbocycles. The highest BCUT2D eigenvalue weighted by Crippen LogP contribution is 2.16. The third-order valence-electron chi connectivity index (χ3n) is 3.65. The molecule has 1 heterocycles. The average molecular weight is 320 g/mol. The minimum absolute atomic E-state index is 0.0587. The predicted octanol–water partition coefficient (Wildman–Crippen LogP) is 1.61. The SMILES string of the molecule is C#CCNS(=O)(=O)c1cccc(C(=O)N2CCCCCC2)c1. The van der Waals surface area contributed by atoms with E-state index in [1.54, 1.807) is 17.0 Å². The summed E-state index contributed by atoms with van der Waals surface area (Å²) in [6.45, 7) is 1.38. The Bertz CT molecular complexity index is 669. The smallest absolute Gasteiger partial charge is 0.253 e. The van der Waals surface area contributed by atoms with Crippen molar-refractivity contribution in [1.82, 2.24) is 9.62 Å². The number of hydrogen-bond donors (Lipinski definition) is 1. The predicted molar refractivity (Wildman–Crippen MR) is 84.8 cm³/mol. The molecule has 0 aliphatic carbocycles. The van der Waals surface area contributed by atoms with E-state index < -0.39 is 10.0 Å². The molecule has 1 aromatic rings. The van der Waals surface area contributed by atoms with E-state index in [-0.39, 0.29) is 17.3 Å². The third kappa shape index (κ3) is 4.09. The lowest BCUT2D eigenvalue weighted by Gasteiger charge is -2.20. The average Bonchev–Trinajstić information content (AvgIpc) is 2.81. The van der Waals surface area contributed by atoms with Crippen molar-refractivity contribution in [2.45, 2.75) is 30.6 Å². The summed E-state index contributed by atoms with van der Waals surface area (Å²) < 4.78 is 26.4. The van der Waals surface area contributed by atoms with Gasteiger partial charge in [0, 0.05) is 18.7 Å². The van der Waals surface area contributed by atoms with Crippen molar-refractivity contribution in [1.29, 1.82) is 0 Å². The van der Waals surface area contributed by atoms with E-state index in [9.17, 15) is 13.2 Å². The Morgan fingerprint density at radius 2 is 1.91 bits per heavy atom. The largest absolute Gasteiger partial charge is 0.339 e. The van der Waals surface area contributed by atoms with Crippen molar-refractivity contribution in [2.24, 2.45) is 0 Å². The lowest BCUT2D eigenvalue weighted by Crippen LogP contribution is -2.32. The maximum Gasteiger partial charge on any atom is 0.253 e. The lowest BCUT2D eigenvalue weighted by atomic mass is 10.2. The molecule has 22 heavy (non-hydrogen) atoms. The number of likely N-dealkylation sites (tertiary alicyclic amines) is 1. The summed E-state index contributed by atoms with van der Waals surface area (Å²) in [7, 11) is -3.68. The van der Waals surface area contributed by atoms with E-state index in [1.807, 2.05) is 0 Å². The molecule has 1 aliphatic heterocycles. The van der Waals surface area contributed by atoms with Crippen LogP contribution in [0.1, 0.15) is 36.0 Å². The number of carbonyl (C=O) groups excluding carboxylic acids is 1. The molecule has 1 aromatic carbocycles. The van der Waals surface area contributed by atoms with Gasteiger partial charge < -0.3 is 4.90 Å². The van der Waals surface area contributed by atoms with Gasteiger partial charge in [0.15, 0.2) is 0 Å². The van der Waals surface area contributed by atoms with Crippen molar-refractivity contribution in [2.75, 3.05) is 19.6 Å². The molecular weight excluding hydrogens is 300 g/mol. The van der Waals surface area contributed by atoms with Crippen LogP contribution in [0.15, 0.2) is 29.2 Å². The molecule has 5 nitrogen and oxygen atoms in total. The maximum absolute atomic E-state index is 12.5. The topological polar surface area (TPSA) is 66.5 Å². The van der Waals surface area contributed by atoms with Crippen LogP contribution in [0.25, 0.3) is 0 Å². The number of benzene rings is 1. The highest BCUT2D eigenvalue weighted by atomic mass is 32.2. The van der Waals surface area contributed by atoms with Gasteiger partial charge in [-0.05, 0) is 31.0 Å². The monoisotopic (exact) mass is 320 g/mol. The molecule has 0 aromatic heterocycles. The Labute approximate surface area is 131 Å². The van der Waals surface area contributed by atoms with Crippen LogP contribution in [0.2, 0.25) is 0 Å². The van der Waals surface area contributed by atoms with E-state index in [4.69, 9.17) is 6.42 Å². The summed E-state index contributed by atoms with van der Waals surface area (Å²) in [6.07, 6.45) is 9.32. The normalized spacial score (nSPS) is 15.9. The number of terminal acetylenes is 1. The van der Waals surface area contributed by atoms with Crippen molar-refractivity contribution in [3.8, 4) is 12.3 Å². The summed E-state index contributed by atoms with van der Waals surface area (Å²) in [6, 6.07) is 6.09. The molecule has 118 valence electrons. The zero-order valence-electron chi connectivity index (χ0n) is 12.4. The van der Waals surface area contributed by atoms with Crippen LogP contribution < -0.4 is 4.72 Å². The third-order valence-corrected chi connectivity index (χ3v) is 5.05. The number of amides is 1. The van der Waals surface area contributed by atoms with Crippen molar-refractivity contribution in [3.63, 3.8) is 0 Å². The maximum atomic E-state index is 12.5. The fourth-order valence-electron chi connectivity index (χ4n) is 2.47. The molecule has 1 N–H and O–H groups in total. The van der Waals surface area contributed by atoms with Crippen LogP contribution in [0.3, 0.4) is 0 Å². The molecule has 1 fully saturated rings. The molecule has 1 aliphatic rings. The minimum atomic E-state index is -3.68. The molecule has 0 atom stereocenters. The quantitative estimate of drug-likeness (QED) is 0.857. The second-order valence-electron chi connectivity index (χ2n) is 5.26. The molecule has 0 bridgehead atoms. The summed E-state index contributed by atoms with van der Waals surface area (Å²) in [5.41, 5.74) is 0.394. The Hall–Kier alpha value is -1.84. The number of rotatable bonds is 4. The number of nitrogens with one attached hydrogen (secondary N) is 1. The van der Waals surface area contributed by atoms with E-state index in [1.165, 1.54) is 12.1 Å². The van der Waals surface area contributed by atoms with Gasteiger partial charge in [-0.2, -0.15) is 4.72 Å². The van der Waals surface area contributed by atoms with Gasteiger partial charge in [-0.25, -0.2) is 8.42 Å². The van der Waals surface area contributed by atoms with Gasteiger partial charge in [-0.3, -0.25) is 4.79 Å². The standard InChI is InChI=1S/C16H20N2O3S/c1-2-10-17-22(20,21)15-9-7-8-14(13-15)16(19)18-11-5-3-4-6-12-18/h1,7-9,13,17H,3-6,10-12H2. The van der Waals surface area contributed by atoms with Crippen molar-refractivity contribution >= 4 is 15.9 Å². The molecule has 2 rings (SSSR count). The molecule has 1 amide bonds. The van der Waals surface area contributed by atoms with Gasteiger partial charge in [-0.15, -0.1) is 6.42 Å². The Balaban J connectivity index is 2.20. The lowest BCUT2D eigenvalue weighted by molar-refractivity contribution is 0.0761. The summed E-state index contributed by atoms with van der Waals surface area (Å²) in [4.78, 5) is 14.4. The number of hydrogen-bond acceptors (Lipinski definition) is 3. The zero-order chi connectivity index (χ0) is 16.0. The van der Waals surface area contributed by atoms with Crippen LogP contribution in [0.4, 0.5) is 0 Å². The van der Waals surface area contributed by atoms with Crippen LogP contribution in [0.5, 0.6) is 0 Å². The minimum Gasteiger partial charge on any atom is -0.339 e. The van der Waals surface area contributed by atoms with E-state index >= 15 is 0 Å². The fraction of sp³-hybridized carbons (Fsp3) is 0.438.